The maximum Gasteiger partial charge on any atom is 0.326 e. The third-order valence-corrected chi connectivity index (χ3v) is 5.02. The summed E-state index contributed by atoms with van der Waals surface area (Å²) in [6.45, 7) is 0.407. The molecule has 0 aliphatic rings. The van der Waals surface area contributed by atoms with E-state index < -0.39 is 5.97 Å². The minimum atomic E-state index is -0.420. The summed E-state index contributed by atoms with van der Waals surface area (Å²) in [6, 6.07) is 1.98. The molecule has 0 atom stereocenters. The van der Waals surface area contributed by atoms with Crippen LogP contribution in [0.2, 0.25) is 0 Å². The number of nitrogens with two attached hydrogens (primary N) is 2. The Hall–Kier alpha value is -0.740. The topological polar surface area (TPSA) is 93.6 Å². The molecule has 0 aliphatic carbocycles. The van der Waals surface area contributed by atoms with Crippen molar-refractivity contribution in [3.63, 3.8) is 0 Å². The summed E-state index contributed by atoms with van der Waals surface area (Å²) in [5, 5.41) is 3.18. The Labute approximate surface area is 128 Å². The quantitative estimate of drug-likeness (QED) is 0.289. The summed E-state index contributed by atoms with van der Waals surface area (Å²) in [5.41, 5.74) is 6.29. The molecular weight excluding hydrogens is 352 g/mol. The fraction of sp³-hybridized carbons (Fsp3) is 0.300. The van der Waals surface area contributed by atoms with Crippen LogP contribution >= 0.6 is 39.2 Å². The van der Waals surface area contributed by atoms with Gasteiger partial charge >= 0.3 is 5.97 Å². The molecule has 0 aliphatic heterocycles. The minimum absolute atomic E-state index is 0.0409. The molecular formula is C10H15BrN4O2S2. The van der Waals surface area contributed by atoms with Gasteiger partial charge in [0.25, 0.3) is 0 Å². The van der Waals surface area contributed by atoms with Gasteiger partial charge in [-0.1, -0.05) is 0 Å². The van der Waals surface area contributed by atoms with Crippen molar-refractivity contribution in [1.82, 2.24) is 9.73 Å². The first-order valence-electron chi connectivity index (χ1n) is 5.20. The fourth-order valence-corrected chi connectivity index (χ4v) is 3.47. The van der Waals surface area contributed by atoms with Crippen LogP contribution in [0.3, 0.4) is 0 Å². The number of hydrazine groups is 1. The highest BCUT2D eigenvalue weighted by Gasteiger charge is 2.05. The molecule has 9 heteroatoms. The molecule has 0 saturated carbocycles. The SMILES string of the molecule is COC(=O)CN(N)/C=C(\N)CNSc1sccc1Br. The molecule has 0 aromatic carbocycles. The molecule has 0 bridgehead atoms. The molecule has 1 aromatic heterocycles. The molecule has 1 aromatic rings. The van der Waals surface area contributed by atoms with Gasteiger partial charge in [-0.05, 0) is 39.3 Å². The predicted octanol–water partition coefficient (Wildman–Crippen LogP) is 1.26. The van der Waals surface area contributed by atoms with Crippen LogP contribution in [0.4, 0.5) is 0 Å². The Morgan fingerprint density at radius 2 is 2.47 bits per heavy atom. The van der Waals surface area contributed by atoms with E-state index in [1.165, 1.54) is 30.3 Å². The Morgan fingerprint density at radius 3 is 3.05 bits per heavy atom. The van der Waals surface area contributed by atoms with Crippen molar-refractivity contribution in [2.75, 3.05) is 20.2 Å². The van der Waals surface area contributed by atoms with E-state index in [-0.39, 0.29) is 6.54 Å². The summed E-state index contributed by atoms with van der Waals surface area (Å²) in [6.07, 6.45) is 1.49. The molecule has 0 saturated heterocycles. The van der Waals surface area contributed by atoms with Crippen LogP contribution in [0.5, 0.6) is 0 Å². The second kappa shape index (κ2) is 8.43. The largest absolute Gasteiger partial charge is 0.468 e. The zero-order chi connectivity index (χ0) is 14.3. The number of methoxy groups -OCH3 is 1. The Morgan fingerprint density at radius 1 is 1.74 bits per heavy atom. The van der Waals surface area contributed by atoms with Gasteiger partial charge in [-0.15, -0.1) is 11.3 Å². The monoisotopic (exact) mass is 366 g/mol. The molecule has 1 rings (SSSR count). The van der Waals surface area contributed by atoms with Gasteiger partial charge in [0.05, 0.1) is 11.3 Å². The summed E-state index contributed by atoms with van der Waals surface area (Å²) in [4.78, 5) is 11.0. The Balaban J connectivity index is 2.32. The first kappa shape index (κ1) is 16.3. The van der Waals surface area contributed by atoms with Crippen molar-refractivity contribution in [3.8, 4) is 0 Å². The number of nitrogens with zero attached hydrogens (tertiary/aromatic N) is 1. The molecule has 19 heavy (non-hydrogen) atoms. The number of carbonyl (C=O) groups excluding carboxylic acids is 1. The van der Waals surface area contributed by atoms with Crippen LogP contribution in [-0.4, -0.2) is 31.2 Å². The van der Waals surface area contributed by atoms with Crippen molar-refractivity contribution < 1.29 is 9.53 Å². The lowest BCUT2D eigenvalue weighted by molar-refractivity contribution is -0.141. The molecule has 5 N–H and O–H groups in total. The lowest BCUT2D eigenvalue weighted by atomic mass is 10.5. The first-order chi connectivity index (χ1) is 9.02. The zero-order valence-corrected chi connectivity index (χ0v) is 13.5. The number of ether oxygens (including phenoxy) is 1. The average molecular weight is 367 g/mol. The van der Waals surface area contributed by atoms with Gasteiger partial charge < -0.3 is 15.5 Å². The maximum atomic E-state index is 11.0. The zero-order valence-electron chi connectivity index (χ0n) is 10.3. The summed E-state index contributed by atoms with van der Waals surface area (Å²) in [7, 11) is 1.31. The highest BCUT2D eigenvalue weighted by atomic mass is 79.9. The van der Waals surface area contributed by atoms with Crippen LogP contribution in [0, 0.1) is 0 Å². The van der Waals surface area contributed by atoms with Crippen LogP contribution in [-0.2, 0) is 9.53 Å². The molecule has 0 amide bonds. The number of carbonyl (C=O) groups is 1. The summed E-state index contributed by atoms with van der Waals surface area (Å²) < 4.78 is 9.76. The average Bonchev–Trinajstić information content (AvgIpc) is 2.74. The maximum absolute atomic E-state index is 11.0. The second-order valence-corrected chi connectivity index (χ2v) is 6.36. The third-order valence-electron chi connectivity index (χ3n) is 1.90. The summed E-state index contributed by atoms with van der Waals surface area (Å²) >= 11 is 6.53. The van der Waals surface area contributed by atoms with Gasteiger partial charge in [-0.3, -0.25) is 9.52 Å². The summed E-state index contributed by atoms with van der Waals surface area (Å²) in [5.74, 6) is 5.16. The second-order valence-electron chi connectivity index (χ2n) is 3.43. The Kier molecular flexibility index (Phi) is 7.24. The molecule has 0 unspecified atom stereocenters. The number of halogens is 1. The van der Waals surface area contributed by atoms with Crippen molar-refractivity contribution in [2.45, 2.75) is 4.21 Å². The molecule has 1 heterocycles. The van der Waals surface area contributed by atoms with E-state index in [1.54, 1.807) is 11.3 Å². The number of rotatable bonds is 7. The van der Waals surface area contributed by atoms with E-state index in [9.17, 15) is 4.79 Å². The van der Waals surface area contributed by atoms with Crippen molar-refractivity contribution >= 4 is 45.2 Å². The van der Waals surface area contributed by atoms with E-state index in [4.69, 9.17) is 11.6 Å². The van der Waals surface area contributed by atoms with Gasteiger partial charge in [-0.25, -0.2) is 5.84 Å². The van der Waals surface area contributed by atoms with Gasteiger partial charge in [-0.2, -0.15) is 0 Å². The van der Waals surface area contributed by atoms with Gasteiger partial charge in [0, 0.05) is 22.9 Å². The number of hydrogen-bond acceptors (Lipinski definition) is 8. The van der Waals surface area contributed by atoms with Gasteiger partial charge in [0.1, 0.15) is 6.54 Å². The fourth-order valence-electron chi connectivity index (χ4n) is 1.06. The molecule has 6 nitrogen and oxygen atoms in total. The van der Waals surface area contributed by atoms with Crippen molar-refractivity contribution in [2.24, 2.45) is 11.6 Å². The molecule has 0 radical (unpaired) electrons. The van der Waals surface area contributed by atoms with E-state index in [0.29, 0.717) is 12.2 Å². The van der Waals surface area contributed by atoms with Crippen LogP contribution in [0.25, 0.3) is 0 Å². The predicted molar refractivity (Wildman–Crippen MR) is 81.1 cm³/mol. The minimum Gasteiger partial charge on any atom is -0.468 e. The van der Waals surface area contributed by atoms with E-state index in [2.05, 4.69) is 25.4 Å². The lowest BCUT2D eigenvalue weighted by Gasteiger charge is -2.13. The van der Waals surface area contributed by atoms with Crippen LogP contribution in [0.1, 0.15) is 0 Å². The van der Waals surface area contributed by atoms with Crippen molar-refractivity contribution in [1.29, 1.82) is 0 Å². The van der Waals surface area contributed by atoms with Gasteiger partial charge in [0.15, 0.2) is 0 Å². The lowest BCUT2D eigenvalue weighted by Crippen LogP contribution is -2.33. The van der Waals surface area contributed by atoms with Crippen molar-refractivity contribution in [3.05, 3.63) is 27.8 Å². The first-order valence-corrected chi connectivity index (χ1v) is 7.69. The number of hydrogen-bond donors (Lipinski definition) is 3. The Bertz CT molecular complexity index is 452. The number of thiophene rings is 1. The van der Waals surface area contributed by atoms with Crippen LogP contribution < -0.4 is 16.3 Å². The number of esters is 1. The van der Waals surface area contributed by atoms with E-state index in [0.717, 1.165) is 8.68 Å². The smallest absolute Gasteiger partial charge is 0.326 e. The highest BCUT2D eigenvalue weighted by Crippen LogP contribution is 2.30. The molecule has 0 spiro atoms. The van der Waals surface area contributed by atoms with E-state index >= 15 is 0 Å². The highest BCUT2D eigenvalue weighted by molar-refractivity contribution is 9.10. The van der Waals surface area contributed by atoms with Crippen LogP contribution in [0.15, 0.2) is 32.0 Å². The molecule has 0 fully saturated rings. The number of nitrogens with one attached hydrogen (secondary N) is 1. The normalized spacial score (nSPS) is 11.4. The third kappa shape index (κ3) is 6.30. The molecule has 106 valence electrons. The standard InChI is InChI=1S/C10H15BrN4O2S2/c1-17-9(16)6-15(13)5-7(12)4-14-19-10-8(11)2-3-18-10/h2-3,5,14H,4,6,12-13H2,1H3/b7-5-. The van der Waals surface area contributed by atoms with Gasteiger partial charge in [0.2, 0.25) is 0 Å². The van der Waals surface area contributed by atoms with E-state index in [1.807, 2.05) is 11.4 Å².